The molecule has 0 amide bonds. The molecular weight excluding hydrogens is 364 g/mol. The number of nitrogens with zero attached hydrogens (tertiary/aromatic N) is 2. The number of unbranched alkanes of at least 4 members (excludes halogenated alkanes) is 17. The van der Waals surface area contributed by atoms with E-state index in [-0.39, 0.29) is 0 Å². The summed E-state index contributed by atoms with van der Waals surface area (Å²) in [5, 5.41) is 0. The van der Waals surface area contributed by atoms with Crippen LogP contribution in [0, 0.1) is 0 Å². The van der Waals surface area contributed by atoms with E-state index in [0.717, 1.165) is 23.1 Å². The van der Waals surface area contributed by atoms with Crippen LogP contribution in [0.15, 0.2) is 30.5 Å². The summed E-state index contributed by atoms with van der Waals surface area (Å²) >= 11 is 0. The summed E-state index contributed by atoms with van der Waals surface area (Å²) in [4.78, 5) is 9.24. The van der Waals surface area contributed by atoms with Gasteiger partial charge < -0.3 is 0 Å². The minimum Gasteiger partial charge on any atom is -0.253 e. The molecule has 1 aromatic carbocycles. The Morgan fingerprint density at radius 2 is 0.967 bits per heavy atom. The highest BCUT2D eigenvalue weighted by Crippen LogP contribution is 2.15. The van der Waals surface area contributed by atoms with Crippen molar-refractivity contribution in [1.29, 1.82) is 0 Å². The van der Waals surface area contributed by atoms with E-state index in [1.807, 2.05) is 24.4 Å². The van der Waals surface area contributed by atoms with E-state index in [2.05, 4.69) is 18.0 Å². The van der Waals surface area contributed by atoms with Crippen LogP contribution in [0.25, 0.3) is 11.0 Å². The SMILES string of the molecule is CCCCCCCCCCCCCCCCCCCCc1cnc2ccccc2n1. The second-order valence-corrected chi connectivity index (χ2v) is 9.11. The zero-order chi connectivity index (χ0) is 21.1. The van der Waals surface area contributed by atoms with Crippen molar-refractivity contribution in [2.24, 2.45) is 0 Å². The van der Waals surface area contributed by atoms with Crippen LogP contribution in [0.5, 0.6) is 0 Å². The number of hydrogen-bond acceptors (Lipinski definition) is 2. The predicted molar refractivity (Wildman–Crippen MR) is 132 cm³/mol. The lowest BCUT2D eigenvalue weighted by Gasteiger charge is -2.04. The Morgan fingerprint density at radius 1 is 0.533 bits per heavy atom. The number of benzene rings is 1. The molecule has 0 spiro atoms. The van der Waals surface area contributed by atoms with Gasteiger partial charge in [-0.1, -0.05) is 128 Å². The lowest BCUT2D eigenvalue weighted by Crippen LogP contribution is -1.93. The summed E-state index contributed by atoms with van der Waals surface area (Å²) in [6, 6.07) is 8.15. The summed E-state index contributed by atoms with van der Waals surface area (Å²) in [5.74, 6) is 0. The molecule has 2 aromatic rings. The number of rotatable bonds is 19. The normalized spacial score (nSPS) is 11.4. The van der Waals surface area contributed by atoms with E-state index < -0.39 is 0 Å². The van der Waals surface area contributed by atoms with E-state index in [1.54, 1.807) is 0 Å². The highest BCUT2D eigenvalue weighted by molar-refractivity contribution is 5.73. The largest absolute Gasteiger partial charge is 0.253 e. The third-order valence-corrected chi connectivity index (χ3v) is 6.28. The molecule has 0 fully saturated rings. The third-order valence-electron chi connectivity index (χ3n) is 6.28. The first-order chi connectivity index (χ1) is 14.9. The summed E-state index contributed by atoms with van der Waals surface area (Å²) < 4.78 is 0. The molecule has 2 rings (SSSR count). The molecule has 0 bridgehead atoms. The zero-order valence-corrected chi connectivity index (χ0v) is 19.7. The van der Waals surface area contributed by atoms with Crippen molar-refractivity contribution in [2.45, 2.75) is 129 Å². The number of hydrogen-bond donors (Lipinski definition) is 0. The fourth-order valence-corrected chi connectivity index (χ4v) is 4.32. The van der Waals surface area contributed by atoms with Crippen molar-refractivity contribution in [3.63, 3.8) is 0 Å². The molecule has 0 atom stereocenters. The van der Waals surface area contributed by atoms with Crippen molar-refractivity contribution in [3.05, 3.63) is 36.2 Å². The second-order valence-electron chi connectivity index (χ2n) is 9.11. The quantitative estimate of drug-likeness (QED) is 0.216. The Labute approximate surface area is 186 Å². The first-order valence-electron chi connectivity index (χ1n) is 13.1. The Kier molecular flexibility index (Phi) is 14.3. The van der Waals surface area contributed by atoms with Crippen LogP contribution in [0.3, 0.4) is 0 Å². The first-order valence-corrected chi connectivity index (χ1v) is 13.1. The van der Waals surface area contributed by atoms with E-state index in [9.17, 15) is 0 Å². The van der Waals surface area contributed by atoms with Gasteiger partial charge in [0.1, 0.15) is 0 Å². The van der Waals surface area contributed by atoms with Crippen LogP contribution >= 0.6 is 0 Å². The molecule has 30 heavy (non-hydrogen) atoms. The van der Waals surface area contributed by atoms with Crippen LogP contribution in [-0.2, 0) is 6.42 Å². The Bertz CT molecular complexity index is 652. The predicted octanol–water partition coefficient (Wildman–Crippen LogP) is 9.21. The monoisotopic (exact) mass is 410 g/mol. The molecule has 0 saturated carbocycles. The standard InChI is InChI=1S/C28H46N2/c1-2-3-4-5-6-7-8-9-10-11-12-13-14-15-16-17-18-19-22-26-25-29-27-23-20-21-24-28(27)30-26/h20-21,23-25H,2-19,22H2,1H3. The van der Waals surface area contributed by atoms with Gasteiger partial charge in [0.15, 0.2) is 0 Å². The lowest BCUT2D eigenvalue weighted by atomic mass is 10.0. The topological polar surface area (TPSA) is 25.8 Å². The average Bonchev–Trinajstić information content (AvgIpc) is 2.78. The Balaban J connectivity index is 1.31. The maximum Gasteiger partial charge on any atom is 0.0890 e. The molecule has 0 N–H and O–H groups in total. The minimum absolute atomic E-state index is 0.999. The average molecular weight is 411 g/mol. The fraction of sp³-hybridized carbons (Fsp3) is 0.714. The smallest absolute Gasteiger partial charge is 0.0890 e. The van der Waals surface area contributed by atoms with Gasteiger partial charge in [-0.25, -0.2) is 4.98 Å². The van der Waals surface area contributed by atoms with Gasteiger partial charge in [0, 0.05) is 6.20 Å². The van der Waals surface area contributed by atoms with Crippen LogP contribution in [0.4, 0.5) is 0 Å². The van der Waals surface area contributed by atoms with Crippen LogP contribution < -0.4 is 0 Å². The molecule has 0 aliphatic heterocycles. The molecular formula is C28H46N2. The number of aromatic nitrogens is 2. The zero-order valence-electron chi connectivity index (χ0n) is 19.7. The van der Waals surface area contributed by atoms with E-state index in [4.69, 9.17) is 4.98 Å². The van der Waals surface area contributed by atoms with Crippen molar-refractivity contribution < 1.29 is 0 Å². The first kappa shape index (κ1) is 24.8. The summed E-state index contributed by atoms with van der Waals surface area (Å²) in [5.41, 5.74) is 3.17. The van der Waals surface area contributed by atoms with Crippen LogP contribution in [0.2, 0.25) is 0 Å². The van der Waals surface area contributed by atoms with E-state index >= 15 is 0 Å². The van der Waals surface area contributed by atoms with E-state index in [0.29, 0.717) is 0 Å². The Hall–Kier alpha value is -1.44. The maximum absolute atomic E-state index is 4.73. The van der Waals surface area contributed by atoms with Crippen molar-refractivity contribution >= 4 is 11.0 Å². The fourth-order valence-electron chi connectivity index (χ4n) is 4.32. The van der Waals surface area contributed by atoms with Crippen LogP contribution in [-0.4, -0.2) is 9.97 Å². The van der Waals surface area contributed by atoms with Crippen molar-refractivity contribution in [2.75, 3.05) is 0 Å². The molecule has 0 radical (unpaired) electrons. The lowest BCUT2D eigenvalue weighted by molar-refractivity contribution is 0.525. The van der Waals surface area contributed by atoms with Crippen LogP contribution in [0.1, 0.15) is 128 Å². The van der Waals surface area contributed by atoms with E-state index in [1.165, 1.54) is 116 Å². The molecule has 0 aliphatic rings. The molecule has 2 heteroatoms. The van der Waals surface area contributed by atoms with Gasteiger partial charge in [0.2, 0.25) is 0 Å². The van der Waals surface area contributed by atoms with Crippen molar-refractivity contribution in [1.82, 2.24) is 9.97 Å². The van der Waals surface area contributed by atoms with Gasteiger partial charge in [-0.2, -0.15) is 0 Å². The second kappa shape index (κ2) is 17.3. The van der Waals surface area contributed by atoms with Crippen molar-refractivity contribution in [3.8, 4) is 0 Å². The van der Waals surface area contributed by atoms with Gasteiger partial charge in [-0.3, -0.25) is 4.98 Å². The number of aryl methyl sites for hydroxylation is 1. The number of para-hydroxylation sites is 2. The molecule has 1 aromatic heterocycles. The molecule has 0 unspecified atom stereocenters. The van der Waals surface area contributed by atoms with Gasteiger partial charge in [-0.05, 0) is 25.0 Å². The Morgan fingerprint density at radius 3 is 1.47 bits per heavy atom. The summed E-state index contributed by atoms with van der Waals surface area (Å²) in [7, 11) is 0. The van der Waals surface area contributed by atoms with Gasteiger partial charge in [0.25, 0.3) is 0 Å². The molecule has 1 heterocycles. The highest BCUT2D eigenvalue weighted by atomic mass is 14.8. The maximum atomic E-state index is 4.73. The van der Waals surface area contributed by atoms with Gasteiger partial charge in [0.05, 0.1) is 16.7 Å². The molecule has 168 valence electrons. The highest BCUT2D eigenvalue weighted by Gasteiger charge is 2.00. The number of fused-ring (bicyclic) bond motifs is 1. The minimum atomic E-state index is 0.999. The summed E-state index contributed by atoms with van der Waals surface area (Å²) in [6.07, 6.45) is 28.6. The molecule has 2 nitrogen and oxygen atoms in total. The van der Waals surface area contributed by atoms with Gasteiger partial charge >= 0.3 is 0 Å². The molecule has 0 aliphatic carbocycles. The molecule has 0 saturated heterocycles. The summed E-state index contributed by atoms with van der Waals surface area (Å²) in [6.45, 7) is 2.30. The third kappa shape index (κ3) is 11.7. The van der Waals surface area contributed by atoms with Gasteiger partial charge in [-0.15, -0.1) is 0 Å².